The number of rotatable bonds is 2. The molecule has 2 nitrogen and oxygen atoms in total. The summed E-state index contributed by atoms with van der Waals surface area (Å²) in [5, 5.41) is 0. The molecule has 0 radical (unpaired) electrons. The minimum atomic E-state index is 0.591. The van der Waals surface area contributed by atoms with Gasteiger partial charge in [0.05, 0.1) is 0 Å². The molecule has 1 rings (SSSR count). The Balaban J connectivity index is 2.65. The normalized spacial score (nSPS) is 30.2. The van der Waals surface area contributed by atoms with Crippen LogP contribution < -0.4 is 0 Å². The number of nitrogens with zero attached hydrogens (tertiary/aromatic N) is 2. The maximum Gasteiger partial charge on any atom is 0.0427 e. The van der Waals surface area contributed by atoms with E-state index >= 15 is 0 Å². The van der Waals surface area contributed by atoms with Gasteiger partial charge in [-0.2, -0.15) is 0 Å². The van der Waals surface area contributed by atoms with Crippen LogP contribution in [0.15, 0.2) is 12.2 Å². The van der Waals surface area contributed by atoms with Gasteiger partial charge in [-0.25, -0.2) is 0 Å². The molecule has 0 saturated heterocycles. The first-order valence-corrected chi connectivity index (χ1v) is 4.62. The fourth-order valence-electron chi connectivity index (χ4n) is 1.88. The van der Waals surface area contributed by atoms with E-state index in [9.17, 15) is 0 Å². The summed E-state index contributed by atoms with van der Waals surface area (Å²) in [5.41, 5.74) is 0. The van der Waals surface area contributed by atoms with E-state index in [4.69, 9.17) is 0 Å². The monoisotopic (exact) mass is 168 g/mol. The van der Waals surface area contributed by atoms with Crippen molar-refractivity contribution >= 4 is 0 Å². The van der Waals surface area contributed by atoms with Crippen molar-refractivity contribution in [2.75, 3.05) is 28.2 Å². The van der Waals surface area contributed by atoms with Crippen molar-refractivity contribution in [3.8, 4) is 0 Å². The third-order valence-corrected chi connectivity index (χ3v) is 2.62. The zero-order valence-electron chi connectivity index (χ0n) is 8.62. The second-order valence-corrected chi connectivity index (χ2v) is 3.99. The highest BCUT2D eigenvalue weighted by Gasteiger charge is 2.24. The van der Waals surface area contributed by atoms with Crippen LogP contribution >= 0.6 is 0 Å². The molecule has 0 amide bonds. The minimum absolute atomic E-state index is 0.591. The Morgan fingerprint density at radius 2 is 1.75 bits per heavy atom. The van der Waals surface area contributed by atoms with Crippen LogP contribution in [-0.4, -0.2) is 50.1 Å². The molecule has 0 aromatic carbocycles. The summed E-state index contributed by atoms with van der Waals surface area (Å²) in [4.78, 5) is 4.62. The average Bonchev–Trinajstić information content (AvgIpc) is 2.04. The van der Waals surface area contributed by atoms with Crippen LogP contribution in [-0.2, 0) is 0 Å². The number of hydrogen-bond donors (Lipinski definition) is 0. The van der Waals surface area contributed by atoms with E-state index in [1.807, 2.05) is 0 Å². The Kier molecular flexibility index (Phi) is 3.29. The van der Waals surface area contributed by atoms with Crippen molar-refractivity contribution in [2.45, 2.75) is 24.9 Å². The third kappa shape index (κ3) is 2.08. The molecule has 2 heteroatoms. The second-order valence-electron chi connectivity index (χ2n) is 3.99. The lowest BCUT2D eigenvalue weighted by Gasteiger charge is -2.36. The molecule has 1 unspecified atom stereocenters. The molecule has 0 aliphatic heterocycles. The first-order chi connectivity index (χ1) is 5.63. The fraction of sp³-hybridized carbons (Fsp3) is 0.800. The lowest BCUT2D eigenvalue weighted by atomic mass is 9.95. The van der Waals surface area contributed by atoms with Gasteiger partial charge in [0.25, 0.3) is 0 Å². The van der Waals surface area contributed by atoms with E-state index in [2.05, 4.69) is 50.1 Å². The molecule has 1 aliphatic carbocycles. The Hall–Kier alpha value is -0.340. The van der Waals surface area contributed by atoms with Crippen molar-refractivity contribution in [1.82, 2.24) is 9.80 Å². The van der Waals surface area contributed by atoms with E-state index < -0.39 is 0 Å². The first-order valence-electron chi connectivity index (χ1n) is 4.62. The minimum Gasteiger partial charge on any atom is -0.305 e. The highest BCUT2D eigenvalue weighted by atomic mass is 15.2. The van der Waals surface area contributed by atoms with Crippen LogP contribution in [0.25, 0.3) is 0 Å². The molecule has 0 saturated carbocycles. The molecule has 0 N–H and O–H groups in total. The molecule has 12 heavy (non-hydrogen) atoms. The SMILES string of the molecule is CN(C)C1CCC=C[C@@H]1N(C)C. The largest absolute Gasteiger partial charge is 0.305 e. The summed E-state index contributed by atoms with van der Waals surface area (Å²) >= 11 is 0. The number of hydrogen-bond acceptors (Lipinski definition) is 2. The maximum atomic E-state index is 2.33. The van der Waals surface area contributed by atoms with Crippen molar-refractivity contribution in [1.29, 1.82) is 0 Å². The molecule has 1 aliphatic rings. The zero-order chi connectivity index (χ0) is 9.14. The Labute approximate surface area is 75.8 Å². The van der Waals surface area contributed by atoms with Crippen molar-refractivity contribution in [2.24, 2.45) is 0 Å². The van der Waals surface area contributed by atoms with Gasteiger partial charge < -0.3 is 9.80 Å². The lowest BCUT2D eigenvalue weighted by molar-refractivity contribution is 0.167. The summed E-state index contributed by atoms with van der Waals surface area (Å²) < 4.78 is 0. The molecular formula is C10H20N2. The molecule has 70 valence electrons. The first kappa shape index (κ1) is 9.75. The molecule has 2 atom stereocenters. The molecule has 0 spiro atoms. The smallest absolute Gasteiger partial charge is 0.0427 e. The fourth-order valence-corrected chi connectivity index (χ4v) is 1.88. The number of allylic oxidation sites excluding steroid dienone is 1. The van der Waals surface area contributed by atoms with Crippen LogP contribution in [0.2, 0.25) is 0 Å². The van der Waals surface area contributed by atoms with Gasteiger partial charge in [0.15, 0.2) is 0 Å². The maximum absolute atomic E-state index is 2.33. The van der Waals surface area contributed by atoms with Gasteiger partial charge in [-0.05, 0) is 41.0 Å². The van der Waals surface area contributed by atoms with E-state index in [1.165, 1.54) is 12.8 Å². The van der Waals surface area contributed by atoms with Gasteiger partial charge in [0.1, 0.15) is 0 Å². The van der Waals surface area contributed by atoms with Crippen molar-refractivity contribution < 1.29 is 0 Å². The topological polar surface area (TPSA) is 6.48 Å². The van der Waals surface area contributed by atoms with Crippen LogP contribution in [0, 0.1) is 0 Å². The average molecular weight is 168 g/mol. The van der Waals surface area contributed by atoms with Crippen molar-refractivity contribution in [3.63, 3.8) is 0 Å². The van der Waals surface area contributed by atoms with E-state index in [-0.39, 0.29) is 0 Å². The summed E-state index contributed by atoms with van der Waals surface area (Å²) in [7, 11) is 8.63. The van der Waals surface area contributed by atoms with Gasteiger partial charge in [-0.3, -0.25) is 0 Å². The molecule has 0 fully saturated rings. The van der Waals surface area contributed by atoms with Gasteiger partial charge in [0, 0.05) is 12.1 Å². The number of likely N-dealkylation sites (N-methyl/N-ethyl adjacent to an activating group) is 2. The molecule has 0 bridgehead atoms. The summed E-state index contributed by atoms with van der Waals surface area (Å²) in [6.45, 7) is 0. The van der Waals surface area contributed by atoms with Crippen LogP contribution in [0.3, 0.4) is 0 Å². The van der Waals surface area contributed by atoms with Crippen LogP contribution in [0.5, 0.6) is 0 Å². The van der Waals surface area contributed by atoms with Gasteiger partial charge in [-0.15, -0.1) is 0 Å². The molecule has 0 aromatic rings. The predicted molar refractivity (Wildman–Crippen MR) is 53.3 cm³/mol. The molecule has 0 heterocycles. The quantitative estimate of drug-likeness (QED) is 0.572. The summed E-state index contributed by atoms with van der Waals surface area (Å²) in [5.74, 6) is 0. The van der Waals surface area contributed by atoms with Gasteiger partial charge >= 0.3 is 0 Å². The second kappa shape index (κ2) is 4.06. The van der Waals surface area contributed by atoms with Crippen LogP contribution in [0.1, 0.15) is 12.8 Å². The molecule has 0 aromatic heterocycles. The standard InChI is InChI=1S/C10H20N2/c1-11(2)9-7-5-6-8-10(9)12(3)4/h5,7,9-10H,6,8H2,1-4H3/t9-,10?/m0/s1. The van der Waals surface area contributed by atoms with E-state index in [0.717, 1.165) is 0 Å². The predicted octanol–water partition coefficient (Wildman–Crippen LogP) is 1.20. The Morgan fingerprint density at radius 1 is 1.08 bits per heavy atom. The van der Waals surface area contributed by atoms with Crippen LogP contribution in [0.4, 0.5) is 0 Å². The summed E-state index contributed by atoms with van der Waals surface area (Å²) in [6, 6.07) is 1.28. The van der Waals surface area contributed by atoms with Gasteiger partial charge in [-0.1, -0.05) is 12.2 Å². The van der Waals surface area contributed by atoms with E-state index in [0.29, 0.717) is 12.1 Å². The van der Waals surface area contributed by atoms with Crippen molar-refractivity contribution in [3.05, 3.63) is 12.2 Å². The van der Waals surface area contributed by atoms with E-state index in [1.54, 1.807) is 0 Å². The highest BCUT2D eigenvalue weighted by Crippen LogP contribution is 2.18. The lowest BCUT2D eigenvalue weighted by Crippen LogP contribution is -2.46. The zero-order valence-corrected chi connectivity index (χ0v) is 8.62. The Bertz CT molecular complexity index is 161. The van der Waals surface area contributed by atoms with Gasteiger partial charge in [0.2, 0.25) is 0 Å². The third-order valence-electron chi connectivity index (χ3n) is 2.62. The summed E-state index contributed by atoms with van der Waals surface area (Å²) in [6.07, 6.45) is 7.14. The Morgan fingerprint density at radius 3 is 2.17 bits per heavy atom. The highest BCUT2D eigenvalue weighted by molar-refractivity contribution is 5.04. The molecular weight excluding hydrogens is 148 g/mol.